The second-order valence-electron chi connectivity index (χ2n) is 7.77. The lowest BCUT2D eigenvalue weighted by Crippen LogP contribution is -2.40. The van der Waals surface area contributed by atoms with Gasteiger partial charge in [0.1, 0.15) is 5.75 Å². The van der Waals surface area contributed by atoms with Gasteiger partial charge in [0, 0.05) is 10.0 Å². The molecular weight excluding hydrogens is 548 g/mol. The van der Waals surface area contributed by atoms with Crippen LogP contribution < -0.4 is 29.1 Å². The number of rotatable bonds is 7. The standard InChI is InChI=1S/C26H25BrN2O6S/c1-6-35-25(31)22-14(2)28-26-29(23(22)16-12-19(33-4)20(34-5)13-17(16)27)24(30)21(36-26)11-15-9-7-8-10-18(15)32-3/h7-13,23H,6H2,1-5H3/b21-11+/t23-/m0/s1. The number of carbonyl (C=O) groups excluding carboxylic acids is 1. The van der Waals surface area contributed by atoms with Gasteiger partial charge in [0.2, 0.25) is 0 Å². The number of allylic oxidation sites excluding steroid dienone is 1. The summed E-state index contributed by atoms with van der Waals surface area (Å²) in [6.45, 7) is 3.66. The first kappa shape index (κ1) is 25.7. The maximum atomic E-state index is 13.8. The number of hydrogen-bond donors (Lipinski definition) is 0. The van der Waals surface area contributed by atoms with Crippen LogP contribution in [0.2, 0.25) is 0 Å². The minimum absolute atomic E-state index is 0.188. The Bertz CT molecular complexity index is 1540. The number of aromatic nitrogens is 1. The van der Waals surface area contributed by atoms with Crippen molar-refractivity contribution in [1.82, 2.24) is 4.57 Å². The van der Waals surface area contributed by atoms with Gasteiger partial charge < -0.3 is 18.9 Å². The average molecular weight is 573 g/mol. The van der Waals surface area contributed by atoms with E-state index in [-0.39, 0.29) is 17.7 Å². The highest BCUT2D eigenvalue weighted by Crippen LogP contribution is 2.40. The molecule has 0 unspecified atom stereocenters. The van der Waals surface area contributed by atoms with Gasteiger partial charge >= 0.3 is 5.97 Å². The fourth-order valence-electron chi connectivity index (χ4n) is 4.09. The summed E-state index contributed by atoms with van der Waals surface area (Å²) in [5, 5.41) is 0. The highest BCUT2D eigenvalue weighted by molar-refractivity contribution is 9.10. The zero-order valence-corrected chi connectivity index (χ0v) is 22.9. The predicted octanol–water partition coefficient (Wildman–Crippen LogP) is 3.59. The first-order valence-corrected chi connectivity index (χ1v) is 12.7. The van der Waals surface area contributed by atoms with Crippen molar-refractivity contribution in [2.75, 3.05) is 27.9 Å². The van der Waals surface area contributed by atoms with E-state index < -0.39 is 12.0 Å². The zero-order chi connectivity index (χ0) is 26.0. The van der Waals surface area contributed by atoms with Crippen molar-refractivity contribution in [3.63, 3.8) is 0 Å². The molecular formula is C26H25BrN2O6S. The van der Waals surface area contributed by atoms with Crippen LogP contribution >= 0.6 is 27.3 Å². The fraction of sp³-hybridized carbons (Fsp3) is 0.269. The third-order valence-electron chi connectivity index (χ3n) is 5.74. The minimum Gasteiger partial charge on any atom is -0.496 e. The number of carbonyl (C=O) groups is 1. The Morgan fingerprint density at radius 1 is 1.11 bits per heavy atom. The van der Waals surface area contributed by atoms with E-state index in [1.165, 1.54) is 23.0 Å². The molecule has 0 fully saturated rings. The van der Waals surface area contributed by atoms with Crippen molar-refractivity contribution in [1.29, 1.82) is 0 Å². The van der Waals surface area contributed by atoms with E-state index in [4.69, 9.17) is 18.9 Å². The Hall–Kier alpha value is -3.37. The maximum absolute atomic E-state index is 13.8. The summed E-state index contributed by atoms with van der Waals surface area (Å²) < 4.78 is 24.4. The van der Waals surface area contributed by atoms with E-state index in [9.17, 15) is 9.59 Å². The summed E-state index contributed by atoms with van der Waals surface area (Å²) in [5.41, 5.74) is 1.86. The largest absolute Gasteiger partial charge is 0.496 e. The molecule has 0 N–H and O–H groups in total. The Morgan fingerprint density at radius 2 is 1.78 bits per heavy atom. The van der Waals surface area contributed by atoms with Gasteiger partial charge in [0.25, 0.3) is 5.56 Å². The van der Waals surface area contributed by atoms with Gasteiger partial charge in [-0.05, 0) is 43.7 Å². The minimum atomic E-state index is -0.797. The van der Waals surface area contributed by atoms with Crippen LogP contribution in [0.4, 0.5) is 0 Å². The molecule has 0 amide bonds. The van der Waals surface area contributed by atoms with E-state index >= 15 is 0 Å². The van der Waals surface area contributed by atoms with Gasteiger partial charge in [-0.1, -0.05) is 45.5 Å². The molecule has 2 heterocycles. The SMILES string of the molecule is CCOC(=O)C1=C(C)N=c2s/c(=C/c3ccccc3OC)c(=O)n2[C@H]1c1cc(OC)c(OC)cc1Br. The van der Waals surface area contributed by atoms with Crippen molar-refractivity contribution in [2.24, 2.45) is 4.99 Å². The number of nitrogens with zero attached hydrogens (tertiary/aromatic N) is 2. The molecule has 1 aliphatic rings. The first-order valence-electron chi connectivity index (χ1n) is 11.1. The van der Waals surface area contributed by atoms with Gasteiger partial charge in [-0.2, -0.15) is 0 Å². The topological polar surface area (TPSA) is 88.4 Å². The lowest BCUT2D eigenvalue weighted by atomic mass is 9.95. The molecule has 10 heteroatoms. The monoisotopic (exact) mass is 572 g/mol. The molecule has 0 saturated heterocycles. The van der Waals surface area contributed by atoms with Crippen molar-refractivity contribution in [2.45, 2.75) is 19.9 Å². The van der Waals surface area contributed by atoms with Crippen molar-refractivity contribution < 1.29 is 23.7 Å². The van der Waals surface area contributed by atoms with E-state index in [0.717, 1.165) is 5.56 Å². The Kier molecular flexibility index (Phi) is 7.65. The third kappa shape index (κ3) is 4.58. The molecule has 1 atom stereocenters. The lowest BCUT2D eigenvalue weighted by molar-refractivity contribution is -0.139. The molecule has 0 spiro atoms. The van der Waals surface area contributed by atoms with E-state index in [2.05, 4.69) is 20.9 Å². The molecule has 1 aromatic heterocycles. The van der Waals surface area contributed by atoms with Gasteiger partial charge in [-0.15, -0.1) is 0 Å². The number of para-hydroxylation sites is 1. The molecule has 0 saturated carbocycles. The molecule has 2 aromatic carbocycles. The highest BCUT2D eigenvalue weighted by Gasteiger charge is 2.35. The van der Waals surface area contributed by atoms with Gasteiger partial charge in [0.15, 0.2) is 16.3 Å². The molecule has 1 aliphatic heterocycles. The summed E-state index contributed by atoms with van der Waals surface area (Å²) in [7, 11) is 4.65. The number of benzene rings is 2. The van der Waals surface area contributed by atoms with E-state index in [1.54, 1.807) is 46.3 Å². The molecule has 8 nitrogen and oxygen atoms in total. The fourth-order valence-corrected chi connectivity index (χ4v) is 5.67. The molecule has 0 aliphatic carbocycles. The first-order chi connectivity index (χ1) is 17.3. The van der Waals surface area contributed by atoms with E-state index in [1.807, 2.05) is 24.3 Å². The van der Waals surface area contributed by atoms with Gasteiger partial charge in [-0.25, -0.2) is 9.79 Å². The molecule has 4 rings (SSSR count). The van der Waals surface area contributed by atoms with Crippen LogP contribution in [0.15, 0.2) is 61.9 Å². The number of esters is 1. The van der Waals surface area contributed by atoms with Gasteiger partial charge in [-0.3, -0.25) is 9.36 Å². The highest BCUT2D eigenvalue weighted by atomic mass is 79.9. The quantitative estimate of drug-likeness (QED) is 0.402. The number of fused-ring (bicyclic) bond motifs is 1. The van der Waals surface area contributed by atoms with Crippen LogP contribution in [0.25, 0.3) is 6.08 Å². The molecule has 0 radical (unpaired) electrons. The molecule has 188 valence electrons. The smallest absolute Gasteiger partial charge is 0.338 e. The van der Waals surface area contributed by atoms with Crippen LogP contribution in [0.1, 0.15) is 31.0 Å². The molecule has 36 heavy (non-hydrogen) atoms. The van der Waals surface area contributed by atoms with Gasteiger partial charge in [0.05, 0.1) is 49.8 Å². The van der Waals surface area contributed by atoms with Crippen molar-refractivity contribution >= 4 is 39.3 Å². The lowest BCUT2D eigenvalue weighted by Gasteiger charge is -2.26. The molecule has 0 bridgehead atoms. The van der Waals surface area contributed by atoms with Crippen LogP contribution in [-0.2, 0) is 9.53 Å². The number of ether oxygens (including phenoxy) is 4. The van der Waals surface area contributed by atoms with Crippen molar-refractivity contribution in [3.05, 3.63) is 83.0 Å². The Labute approximate surface area is 220 Å². The Balaban J connectivity index is 2.02. The normalized spacial score (nSPS) is 15.3. The summed E-state index contributed by atoms with van der Waals surface area (Å²) in [4.78, 5) is 32.0. The average Bonchev–Trinajstić information content (AvgIpc) is 3.17. The number of thiazole rings is 1. The number of methoxy groups -OCH3 is 3. The second kappa shape index (κ2) is 10.7. The van der Waals surface area contributed by atoms with E-state index in [0.29, 0.717) is 42.3 Å². The summed E-state index contributed by atoms with van der Waals surface area (Å²) in [6, 6.07) is 10.1. The van der Waals surface area contributed by atoms with Crippen molar-refractivity contribution in [3.8, 4) is 17.2 Å². The van der Waals surface area contributed by atoms with Crippen LogP contribution in [-0.4, -0.2) is 38.5 Å². The Morgan fingerprint density at radius 3 is 2.44 bits per heavy atom. The maximum Gasteiger partial charge on any atom is 0.338 e. The van der Waals surface area contributed by atoms with Crippen LogP contribution in [0, 0.1) is 0 Å². The predicted molar refractivity (Wildman–Crippen MR) is 141 cm³/mol. The third-order valence-corrected chi connectivity index (χ3v) is 7.41. The summed E-state index contributed by atoms with van der Waals surface area (Å²) in [6.07, 6.45) is 1.77. The summed E-state index contributed by atoms with van der Waals surface area (Å²) >= 11 is 4.84. The molecule has 3 aromatic rings. The second-order valence-corrected chi connectivity index (χ2v) is 9.64. The van der Waals surface area contributed by atoms with Crippen LogP contribution in [0.5, 0.6) is 17.2 Å². The zero-order valence-electron chi connectivity index (χ0n) is 20.5. The van der Waals surface area contributed by atoms with Crippen LogP contribution in [0.3, 0.4) is 0 Å². The number of halogens is 1. The summed E-state index contributed by atoms with van der Waals surface area (Å²) in [5.74, 6) is 1.08. The number of hydrogen-bond acceptors (Lipinski definition) is 8.